The molecule has 1 fully saturated rings. The SMILES string of the molecule is OCCN(CC1CC1)c1nnc(C(F)(F)F)s1. The number of alkyl halides is 3. The molecule has 1 aromatic rings. The highest BCUT2D eigenvalue weighted by molar-refractivity contribution is 7.15. The van der Waals surface area contributed by atoms with Gasteiger partial charge in [-0.15, -0.1) is 10.2 Å². The van der Waals surface area contributed by atoms with Crippen molar-refractivity contribution in [2.45, 2.75) is 19.0 Å². The molecular formula is C9H12F3N3OS. The summed E-state index contributed by atoms with van der Waals surface area (Å²) in [6, 6.07) is 0. The smallest absolute Gasteiger partial charge is 0.395 e. The number of aliphatic hydroxyl groups excluding tert-OH is 1. The summed E-state index contributed by atoms with van der Waals surface area (Å²) in [5.41, 5.74) is 0. The van der Waals surface area contributed by atoms with Crippen LogP contribution < -0.4 is 4.90 Å². The predicted octanol–water partition coefficient (Wildman–Crippen LogP) is 1.77. The van der Waals surface area contributed by atoms with E-state index >= 15 is 0 Å². The molecule has 1 N–H and O–H groups in total. The van der Waals surface area contributed by atoms with Gasteiger partial charge >= 0.3 is 6.18 Å². The molecule has 1 aliphatic carbocycles. The Labute approximate surface area is 100 Å². The van der Waals surface area contributed by atoms with Crippen molar-refractivity contribution in [1.29, 1.82) is 0 Å². The van der Waals surface area contributed by atoms with Crippen LogP contribution in [0.1, 0.15) is 17.8 Å². The third-order valence-electron chi connectivity index (χ3n) is 2.47. The molecule has 2 rings (SSSR count). The van der Waals surface area contributed by atoms with Gasteiger partial charge in [0.05, 0.1) is 6.61 Å². The first-order valence-electron chi connectivity index (χ1n) is 5.27. The van der Waals surface area contributed by atoms with E-state index in [1.807, 2.05) is 0 Å². The van der Waals surface area contributed by atoms with E-state index in [9.17, 15) is 13.2 Å². The van der Waals surface area contributed by atoms with Crippen LogP contribution in [0.3, 0.4) is 0 Å². The molecule has 0 spiro atoms. The van der Waals surface area contributed by atoms with Gasteiger partial charge in [-0.25, -0.2) is 0 Å². The van der Waals surface area contributed by atoms with Crippen LogP contribution in [0.4, 0.5) is 18.3 Å². The number of nitrogens with zero attached hydrogens (tertiary/aromatic N) is 3. The quantitative estimate of drug-likeness (QED) is 0.883. The second kappa shape index (κ2) is 4.77. The first-order valence-corrected chi connectivity index (χ1v) is 6.09. The molecule has 8 heteroatoms. The van der Waals surface area contributed by atoms with Crippen LogP contribution >= 0.6 is 11.3 Å². The van der Waals surface area contributed by atoms with Crippen LogP contribution in [0.15, 0.2) is 0 Å². The lowest BCUT2D eigenvalue weighted by Gasteiger charge is -2.19. The lowest BCUT2D eigenvalue weighted by Crippen LogP contribution is -2.28. The van der Waals surface area contributed by atoms with Crippen LogP contribution in [0.25, 0.3) is 0 Å². The molecule has 0 radical (unpaired) electrons. The molecule has 0 amide bonds. The minimum atomic E-state index is -4.44. The maximum atomic E-state index is 12.4. The van der Waals surface area contributed by atoms with Crippen LogP contribution in [-0.4, -0.2) is 35.0 Å². The fraction of sp³-hybridized carbons (Fsp3) is 0.778. The number of hydrogen-bond donors (Lipinski definition) is 1. The van der Waals surface area contributed by atoms with Crippen molar-refractivity contribution in [2.75, 3.05) is 24.6 Å². The third-order valence-corrected chi connectivity index (χ3v) is 3.50. The van der Waals surface area contributed by atoms with Crippen LogP contribution in [0.5, 0.6) is 0 Å². The van der Waals surface area contributed by atoms with Crippen molar-refractivity contribution >= 4 is 16.5 Å². The highest BCUT2D eigenvalue weighted by atomic mass is 32.1. The van der Waals surface area contributed by atoms with Gasteiger partial charge in [-0.2, -0.15) is 13.2 Å². The first-order chi connectivity index (χ1) is 8.00. The fourth-order valence-corrected chi connectivity index (χ4v) is 2.20. The summed E-state index contributed by atoms with van der Waals surface area (Å²) in [7, 11) is 0. The maximum absolute atomic E-state index is 12.4. The normalized spacial score (nSPS) is 16.2. The zero-order chi connectivity index (χ0) is 12.5. The molecule has 4 nitrogen and oxygen atoms in total. The molecule has 1 aliphatic rings. The summed E-state index contributed by atoms with van der Waals surface area (Å²) in [5.74, 6) is 0.514. The van der Waals surface area contributed by atoms with E-state index in [4.69, 9.17) is 5.11 Å². The standard InChI is InChI=1S/C9H12F3N3OS/c10-9(11,12)7-13-14-8(17-7)15(3-4-16)5-6-1-2-6/h6,16H,1-5H2. The average molecular weight is 267 g/mol. The summed E-state index contributed by atoms with van der Waals surface area (Å²) in [4.78, 5) is 1.67. The fourth-order valence-electron chi connectivity index (χ4n) is 1.46. The zero-order valence-electron chi connectivity index (χ0n) is 8.94. The molecule has 1 saturated carbocycles. The predicted molar refractivity (Wildman–Crippen MR) is 56.9 cm³/mol. The van der Waals surface area contributed by atoms with Gasteiger partial charge in [-0.1, -0.05) is 11.3 Å². The Hall–Kier alpha value is -0.890. The molecule has 96 valence electrons. The summed E-state index contributed by atoms with van der Waals surface area (Å²) in [5, 5.41) is 14.9. The topological polar surface area (TPSA) is 49.2 Å². The second-order valence-corrected chi connectivity index (χ2v) is 4.96. The van der Waals surface area contributed by atoms with E-state index in [1.165, 1.54) is 0 Å². The van der Waals surface area contributed by atoms with Gasteiger partial charge in [0.25, 0.3) is 0 Å². The van der Waals surface area contributed by atoms with Crippen molar-refractivity contribution in [3.63, 3.8) is 0 Å². The molecule has 0 atom stereocenters. The largest absolute Gasteiger partial charge is 0.445 e. The molecule has 0 unspecified atom stereocenters. The highest BCUT2D eigenvalue weighted by Gasteiger charge is 2.36. The highest BCUT2D eigenvalue weighted by Crippen LogP contribution is 2.36. The van der Waals surface area contributed by atoms with Crippen molar-refractivity contribution in [3.8, 4) is 0 Å². The van der Waals surface area contributed by atoms with Gasteiger partial charge < -0.3 is 10.0 Å². The van der Waals surface area contributed by atoms with Gasteiger partial charge in [0, 0.05) is 13.1 Å². The summed E-state index contributed by atoms with van der Waals surface area (Å²) in [6.07, 6.45) is -2.26. The van der Waals surface area contributed by atoms with Crippen molar-refractivity contribution in [2.24, 2.45) is 5.92 Å². The molecule has 0 bridgehead atoms. The lowest BCUT2D eigenvalue weighted by atomic mass is 10.4. The number of halogens is 3. The van der Waals surface area contributed by atoms with E-state index in [-0.39, 0.29) is 11.7 Å². The Morgan fingerprint density at radius 2 is 2.06 bits per heavy atom. The molecule has 17 heavy (non-hydrogen) atoms. The maximum Gasteiger partial charge on any atom is 0.445 e. The van der Waals surface area contributed by atoms with E-state index in [2.05, 4.69) is 10.2 Å². The Balaban J connectivity index is 2.08. The zero-order valence-corrected chi connectivity index (χ0v) is 9.76. The van der Waals surface area contributed by atoms with E-state index in [0.717, 1.165) is 12.8 Å². The Bertz CT molecular complexity index is 378. The molecule has 1 heterocycles. The number of anilines is 1. The average Bonchev–Trinajstić information content (AvgIpc) is 2.91. The first kappa shape index (κ1) is 12.6. The Morgan fingerprint density at radius 1 is 1.35 bits per heavy atom. The van der Waals surface area contributed by atoms with Gasteiger partial charge in [-0.05, 0) is 18.8 Å². The van der Waals surface area contributed by atoms with Crippen molar-refractivity contribution < 1.29 is 18.3 Å². The number of aromatic nitrogens is 2. The van der Waals surface area contributed by atoms with Gasteiger partial charge in [0.15, 0.2) is 0 Å². The molecule has 0 aromatic carbocycles. The van der Waals surface area contributed by atoms with Crippen molar-refractivity contribution in [3.05, 3.63) is 5.01 Å². The van der Waals surface area contributed by atoms with E-state index in [1.54, 1.807) is 4.90 Å². The Kier molecular flexibility index (Phi) is 3.53. The van der Waals surface area contributed by atoms with Gasteiger partial charge in [0.1, 0.15) is 0 Å². The molecule has 0 saturated heterocycles. The van der Waals surface area contributed by atoms with Crippen LogP contribution in [0, 0.1) is 5.92 Å². The summed E-state index contributed by atoms with van der Waals surface area (Å²) in [6.45, 7) is 0.837. The number of rotatable bonds is 5. The number of hydrogen-bond acceptors (Lipinski definition) is 5. The molecule has 0 aliphatic heterocycles. The van der Waals surface area contributed by atoms with Crippen LogP contribution in [0.2, 0.25) is 0 Å². The summed E-state index contributed by atoms with van der Waals surface area (Å²) < 4.78 is 37.1. The van der Waals surface area contributed by atoms with Gasteiger partial charge in [0.2, 0.25) is 10.1 Å². The van der Waals surface area contributed by atoms with E-state index < -0.39 is 11.2 Å². The second-order valence-electron chi connectivity index (χ2n) is 4.00. The number of aliphatic hydroxyl groups is 1. The summed E-state index contributed by atoms with van der Waals surface area (Å²) >= 11 is 0.525. The Morgan fingerprint density at radius 3 is 2.53 bits per heavy atom. The van der Waals surface area contributed by atoms with E-state index in [0.29, 0.717) is 30.3 Å². The molecule has 1 aromatic heterocycles. The molecular weight excluding hydrogens is 255 g/mol. The third kappa shape index (κ3) is 3.29. The van der Waals surface area contributed by atoms with Gasteiger partial charge in [-0.3, -0.25) is 0 Å². The monoisotopic (exact) mass is 267 g/mol. The minimum absolute atomic E-state index is 0.104. The lowest BCUT2D eigenvalue weighted by molar-refractivity contribution is -0.138. The van der Waals surface area contributed by atoms with Crippen molar-refractivity contribution in [1.82, 2.24) is 10.2 Å². The van der Waals surface area contributed by atoms with Crippen LogP contribution in [-0.2, 0) is 6.18 Å². The minimum Gasteiger partial charge on any atom is -0.395 e.